The van der Waals surface area contributed by atoms with Crippen LogP contribution >= 0.6 is 0 Å². The van der Waals surface area contributed by atoms with Crippen molar-refractivity contribution in [3.05, 3.63) is 95.6 Å². The molecule has 0 aromatic heterocycles. The van der Waals surface area contributed by atoms with Gasteiger partial charge >= 0.3 is 0 Å². The number of rotatable bonds is 11. The Hall–Kier alpha value is -3.60. The lowest BCUT2D eigenvalue weighted by molar-refractivity contribution is -0.120. The highest BCUT2D eigenvalue weighted by Gasteiger charge is 2.17. The summed E-state index contributed by atoms with van der Waals surface area (Å²) in [6.45, 7) is 5.21. The van der Waals surface area contributed by atoms with Crippen molar-refractivity contribution in [3.8, 4) is 5.75 Å². The molecule has 0 bridgehead atoms. The van der Waals surface area contributed by atoms with Crippen molar-refractivity contribution in [2.75, 3.05) is 18.6 Å². The normalized spacial score (nSPS) is 10.7. The van der Waals surface area contributed by atoms with Crippen molar-refractivity contribution in [2.45, 2.75) is 39.7 Å². The Bertz CT molecular complexity index is 1040. The van der Waals surface area contributed by atoms with E-state index < -0.39 is 0 Å². The molecule has 0 spiro atoms. The molecule has 3 rings (SSSR count). The van der Waals surface area contributed by atoms with Gasteiger partial charge in [-0.3, -0.25) is 9.59 Å². The van der Waals surface area contributed by atoms with Crippen molar-refractivity contribution in [1.82, 2.24) is 5.32 Å². The standard InChI is InChI=1S/C29H34N2O3/c1-22(2)19-29(33)31(21-25-7-5-4-6-8-25)26-13-9-24(10-14-26)20-28(32)30-18-17-23-11-15-27(34-3)16-12-23/h4-16,22H,17-21H2,1-3H3,(H,30,32). The lowest BCUT2D eigenvalue weighted by Gasteiger charge is -2.24. The number of hydrogen-bond donors (Lipinski definition) is 1. The van der Waals surface area contributed by atoms with E-state index in [2.05, 4.69) is 19.2 Å². The van der Waals surface area contributed by atoms with Gasteiger partial charge in [-0.05, 0) is 53.3 Å². The van der Waals surface area contributed by atoms with Crippen molar-refractivity contribution >= 4 is 17.5 Å². The van der Waals surface area contributed by atoms with Gasteiger partial charge in [0.1, 0.15) is 5.75 Å². The van der Waals surface area contributed by atoms with Crippen LogP contribution in [-0.4, -0.2) is 25.5 Å². The van der Waals surface area contributed by atoms with Gasteiger partial charge in [-0.2, -0.15) is 0 Å². The Labute approximate surface area is 202 Å². The number of carbonyl (C=O) groups is 2. The third kappa shape index (κ3) is 7.77. The van der Waals surface area contributed by atoms with Crippen molar-refractivity contribution in [2.24, 2.45) is 5.92 Å². The predicted octanol–water partition coefficient (Wildman–Crippen LogP) is 5.18. The van der Waals surface area contributed by atoms with Gasteiger partial charge in [0.05, 0.1) is 20.1 Å². The molecule has 0 fully saturated rings. The SMILES string of the molecule is COc1ccc(CCNC(=O)Cc2ccc(N(Cc3ccccc3)C(=O)CC(C)C)cc2)cc1. The summed E-state index contributed by atoms with van der Waals surface area (Å²) < 4.78 is 5.17. The summed E-state index contributed by atoms with van der Waals surface area (Å²) in [5.74, 6) is 1.19. The molecule has 3 aromatic carbocycles. The van der Waals surface area contributed by atoms with Crippen LogP contribution < -0.4 is 15.0 Å². The maximum Gasteiger partial charge on any atom is 0.227 e. The maximum atomic E-state index is 12.9. The van der Waals surface area contributed by atoms with Gasteiger partial charge in [-0.1, -0.05) is 68.4 Å². The molecule has 0 saturated heterocycles. The van der Waals surface area contributed by atoms with Crippen molar-refractivity contribution < 1.29 is 14.3 Å². The number of nitrogens with one attached hydrogen (secondary N) is 1. The molecule has 0 saturated carbocycles. The summed E-state index contributed by atoms with van der Waals surface area (Å²) in [6.07, 6.45) is 1.56. The van der Waals surface area contributed by atoms with Crippen LogP contribution in [0.15, 0.2) is 78.9 Å². The number of ether oxygens (including phenoxy) is 1. The fraction of sp³-hybridized carbons (Fsp3) is 0.310. The van der Waals surface area contributed by atoms with Crippen LogP contribution in [0.5, 0.6) is 5.75 Å². The van der Waals surface area contributed by atoms with Gasteiger partial charge in [0.2, 0.25) is 11.8 Å². The molecule has 0 unspecified atom stereocenters. The topological polar surface area (TPSA) is 58.6 Å². The van der Waals surface area contributed by atoms with E-state index in [1.54, 1.807) is 7.11 Å². The summed E-state index contributed by atoms with van der Waals surface area (Å²) in [5, 5.41) is 2.98. The van der Waals surface area contributed by atoms with E-state index >= 15 is 0 Å². The van der Waals surface area contributed by atoms with Crippen molar-refractivity contribution in [1.29, 1.82) is 0 Å². The van der Waals surface area contributed by atoms with E-state index in [0.29, 0.717) is 25.9 Å². The smallest absolute Gasteiger partial charge is 0.227 e. The Balaban J connectivity index is 1.57. The first kappa shape index (κ1) is 25.0. The van der Waals surface area contributed by atoms with Gasteiger partial charge in [-0.15, -0.1) is 0 Å². The Morgan fingerprint density at radius 3 is 2.12 bits per heavy atom. The number of anilines is 1. The summed E-state index contributed by atoms with van der Waals surface area (Å²) >= 11 is 0. The fourth-order valence-electron chi connectivity index (χ4n) is 3.73. The quantitative estimate of drug-likeness (QED) is 0.431. The lowest BCUT2D eigenvalue weighted by atomic mass is 10.1. The first-order valence-corrected chi connectivity index (χ1v) is 11.8. The molecule has 0 aliphatic carbocycles. The Morgan fingerprint density at radius 1 is 0.853 bits per heavy atom. The average molecular weight is 459 g/mol. The number of hydrogen-bond acceptors (Lipinski definition) is 3. The molecule has 5 nitrogen and oxygen atoms in total. The third-order valence-electron chi connectivity index (χ3n) is 5.58. The van der Waals surface area contributed by atoms with Gasteiger partial charge in [0.15, 0.2) is 0 Å². The van der Waals surface area contributed by atoms with E-state index in [1.807, 2.05) is 83.8 Å². The van der Waals surface area contributed by atoms with Gasteiger partial charge in [0.25, 0.3) is 0 Å². The highest BCUT2D eigenvalue weighted by atomic mass is 16.5. The molecule has 5 heteroatoms. The molecule has 0 aliphatic rings. The van der Waals surface area contributed by atoms with E-state index in [0.717, 1.165) is 34.5 Å². The number of amides is 2. The van der Waals surface area contributed by atoms with Gasteiger partial charge in [0, 0.05) is 18.7 Å². The second-order valence-electron chi connectivity index (χ2n) is 8.85. The van der Waals surface area contributed by atoms with Crippen LogP contribution in [-0.2, 0) is 29.0 Å². The second-order valence-corrected chi connectivity index (χ2v) is 8.85. The summed E-state index contributed by atoms with van der Waals surface area (Å²) in [5.41, 5.74) is 4.00. The highest BCUT2D eigenvalue weighted by Crippen LogP contribution is 2.21. The molecule has 1 N–H and O–H groups in total. The fourth-order valence-corrected chi connectivity index (χ4v) is 3.73. The minimum absolute atomic E-state index is 0.0155. The molecule has 0 radical (unpaired) electrons. The number of carbonyl (C=O) groups excluding carboxylic acids is 2. The number of benzene rings is 3. The van der Waals surface area contributed by atoms with Crippen LogP contribution in [0.3, 0.4) is 0 Å². The first-order chi connectivity index (χ1) is 16.4. The molecule has 0 heterocycles. The minimum Gasteiger partial charge on any atom is -0.497 e. The zero-order valence-electron chi connectivity index (χ0n) is 20.3. The molecule has 0 aliphatic heterocycles. The molecule has 178 valence electrons. The van der Waals surface area contributed by atoms with E-state index in [9.17, 15) is 9.59 Å². The van der Waals surface area contributed by atoms with Crippen molar-refractivity contribution in [3.63, 3.8) is 0 Å². The van der Waals surface area contributed by atoms with E-state index in [1.165, 1.54) is 0 Å². The second kappa shape index (κ2) is 12.6. The Morgan fingerprint density at radius 2 is 1.50 bits per heavy atom. The maximum absolute atomic E-state index is 12.9. The lowest BCUT2D eigenvalue weighted by Crippen LogP contribution is -2.31. The van der Waals surface area contributed by atoms with Crippen LogP contribution in [0, 0.1) is 5.92 Å². The zero-order chi connectivity index (χ0) is 24.3. The molecule has 34 heavy (non-hydrogen) atoms. The average Bonchev–Trinajstić information content (AvgIpc) is 2.84. The predicted molar refractivity (Wildman–Crippen MR) is 137 cm³/mol. The molecule has 3 aromatic rings. The van der Waals surface area contributed by atoms with Gasteiger partial charge in [-0.25, -0.2) is 0 Å². The van der Waals surface area contributed by atoms with Crippen LogP contribution in [0.25, 0.3) is 0 Å². The van der Waals surface area contributed by atoms with Gasteiger partial charge < -0.3 is 15.0 Å². The van der Waals surface area contributed by atoms with Crippen LogP contribution in [0.1, 0.15) is 37.0 Å². The van der Waals surface area contributed by atoms with Crippen LogP contribution in [0.4, 0.5) is 5.69 Å². The number of methoxy groups -OCH3 is 1. The molecule has 2 amide bonds. The van der Waals surface area contributed by atoms with E-state index in [4.69, 9.17) is 4.74 Å². The van der Waals surface area contributed by atoms with E-state index in [-0.39, 0.29) is 17.7 Å². The largest absolute Gasteiger partial charge is 0.497 e. The monoisotopic (exact) mass is 458 g/mol. The van der Waals surface area contributed by atoms with Crippen LogP contribution in [0.2, 0.25) is 0 Å². The first-order valence-electron chi connectivity index (χ1n) is 11.8. The molecular weight excluding hydrogens is 424 g/mol. The molecule has 0 atom stereocenters. The Kier molecular flexibility index (Phi) is 9.27. The summed E-state index contributed by atoms with van der Waals surface area (Å²) in [7, 11) is 1.64. The summed E-state index contributed by atoms with van der Waals surface area (Å²) in [6, 6.07) is 25.6. The third-order valence-corrected chi connectivity index (χ3v) is 5.58. The number of nitrogens with zero attached hydrogens (tertiary/aromatic N) is 1. The highest BCUT2D eigenvalue weighted by molar-refractivity contribution is 5.93. The summed E-state index contributed by atoms with van der Waals surface area (Å²) in [4.78, 5) is 27.2. The zero-order valence-corrected chi connectivity index (χ0v) is 20.3. The minimum atomic E-state index is -0.0155. The molecular formula is C29H34N2O3.